The van der Waals surface area contributed by atoms with Crippen LogP contribution >= 0.6 is 11.6 Å². The zero-order valence-electron chi connectivity index (χ0n) is 23.6. The number of aliphatic hydroxyl groups is 1. The predicted molar refractivity (Wildman–Crippen MR) is 153 cm³/mol. The van der Waals surface area contributed by atoms with Gasteiger partial charge in [-0.15, -0.1) is 0 Å². The molecular formula is C29H35ClF3N3O6. The van der Waals surface area contributed by atoms with Crippen molar-refractivity contribution in [2.45, 2.75) is 64.4 Å². The number of benzene rings is 2. The third kappa shape index (κ3) is 9.74. The molecule has 1 heterocycles. The van der Waals surface area contributed by atoms with Gasteiger partial charge in [0, 0.05) is 29.2 Å². The molecule has 1 aromatic heterocycles. The van der Waals surface area contributed by atoms with E-state index in [9.17, 15) is 33.0 Å². The first-order valence-corrected chi connectivity index (χ1v) is 13.4. The number of aliphatic hydroxyl groups excluding tert-OH is 1. The van der Waals surface area contributed by atoms with Crippen LogP contribution in [0.25, 0.3) is 10.9 Å². The van der Waals surface area contributed by atoms with Crippen LogP contribution in [0.3, 0.4) is 0 Å². The SMILES string of the molecule is CC(C)C[C@](C)(NC(=O)c1cccc2c(C[C@@H](C)NC[C@H](O)c3cccc(Cl)c3)c[nH]c12)C(=O)O.O=C(O)C(F)(F)F. The molecule has 42 heavy (non-hydrogen) atoms. The first-order chi connectivity index (χ1) is 19.4. The number of fused-ring (bicyclic) bond motifs is 1. The minimum atomic E-state index is -5.08. The van der Waals surface area contributed by atoms with Gasteiger partial charge < -0.3 is 30.9 Å². The number of carboxylic acids is 2. The van der Waals surface area contributed by atoms with E-state index in [0.29, 0.717) is 35.5 Å². The molecule has 3 aromatic rings. The molecule has 0 aliphatic heterocycles. The van der Waals surface area contributed by atoms with Gasteiger partial charge in [0.1, 0.15) is 5.54 Å². The number of aliphatic carboxylic acids is 2. The summed E-state index contributed by atoms with van der Waals surface area (Å²) < 4.78 is 31.7. The highest BCUT2D eigenvalue weighted by atomic mass is 35.5. The lowest BCUT2D eigenvalue weighted by molar-refractivity contribution is -0.192. The van der Waals surface area contributed by atoms with Crippen LogP contribution in [0.5, 0.6) is 0 Å². The molecule has 0 saturated heterocycles. The first-order valence-electron chi connectivity index (χ1n) is 13.1. The van der Waals surface area contributed by atoms with E-state index in [1.54, 1.807) is 31.2 Å². The number of para-hydroxylation sites is 1. The molecule has 0 radical (unpaired) electrons. The van der Waals surface area contributed by atoms with Crippen LogP contribution in [0.2, 0.25) is 5.02 Å². The third-order valence-electron chi connectivity index (χ3n) is 6.39. The van der Waals surface area contributed by atoms with Crippen LogP contribution in [0.15, 0.2) is 48.7 Å². The van der Waals surface area contributed by atoms with Crippen molar-refractivity contribution >= 4 is 40.3 Å². The topological polar surface area (TPSA) is 152 Å². The monoisotopic (exact) mass is 613 g/mol. The second kappa shape index (κ2) is 14.5. The fraction of sp³-hybridized carbons (Fsp3) is 0.414. The Morgan fingerprint density at radius 3 is 2.19 bits per heavy atom. The van der Waals surface area contributed by atoms with E-state index in [1.807, 2.05) is 45.2 Å². The van der Waals surface area contributed by atoms with Crippen molar-refractivity contribution in [3.63, 3.8) is 0 Å². The molecule has 3 atom stereocenters. The normalized spacial score (nSPS) is 14.4. The number of carbonyl (C=O) groups is 3. The van der Waals surface area contributed by atoms with Gasteiger partial charge in [0.25, 0.3) is 5.91 Å². The summed E-state index contributed by atoms with van der Waals surface area (Å²) in [6.45, 7) is 7.80. The van der Waals surface area contributed by atoms with Crippen molar-refractivity contribution in [1.82, 2.24) is 15.6 Å². The van der Waals surface area contributed by atoms with Gasteiger partial charge in [0.2, 0.25) is 0 Å². The van der Waals surface area contributed by atoms with Crippen LogP contribution in [0, 0.1) is 5.92 Å². The number of hydrogen-bond acceptors (Lipinski definition) is 5. The Bertz CT molecular complexity index is 1390. The summed E-state index contributed by atoms with van der Waals surface area (Å²) in [4.78, 5) is 37.1. The maximum Gasteiger partial charge on any atom is 0.490 e. The first kappa shape index (κ1) is 34.6. The van der Waals surface area contributed by atoms with E-state index in [0.717, 1.165) is 16.5 Å². The average Bonchev–Trinajstić information content (AvgIpc) is 3.29. The molecule has 9 nitrogen and oxygen atoms in total. The fourth-order valence-electron chi connectivity index (χ4n) is 4.44. The molecule has 0 fully saturated rings. The Labute approximate surface area is 246 Å². The number of carbonyl (C=O) groups excluding carboxylic acids is 1. The molecular weight excluding hydrogens is 579 g/mol. The van der Waals surface area contributed by atoms with Gasteiger partial charge >= 0.3 is 18.1 Å². The van der Waals surface area contributed by atoms with Crippen LogP contribution < -0.4 is 10.6 Å². The van der Waals surface area contributed by atoms with Gasteiger partial charge in [-0.25, -0.2) is 9.59 Å². The van der Waals surface area contributed by atoms with E-state index in [1.165, 1.54) is 0 Å². The van der Waals surface area contributed by atoms with E-state index in [-0.39, 0.29) is 12.0 Å². The van der Waals surface area contributed by atoms with Gasteiger partial charge in [-0.05, 0) is 61.9 Å². The number of rotatable bonds is 11. The lowest BCUT2D eigenvalue weighted by atomic mass is 9.90. The number of carboxylic acid groups (broad SMARTS) is 2. The van der Waals surface area contributed by atoms with E-state index >= 15 is 0 Å². The highest BCUT2D eigenvalue weighted by Crippen LogP contribution is 2.25. The van der Waals surface area contributed by atoms with Crippen molar-refractivity contribution in [2.24, 2.45) is 5.92 Å². The van der Waals surface area contributed by atoms with Gasteiger partial charge in [0.15, 0.2) is 0 Å². The summed E-state index contributed by atoms with van der Waals surface area (Å²) >= 11 is 6.02. The Morgan fingerprint density at radius 1 is 1.02 bits per heavy atom. The third-order valence-corrected chi connectivity index (χ3v) is 6.62. The van der Waals surface area contributed by atoms with Crippen LogP contribution in [0.1, 0.15) is 61.7 Å². The summed E-state index contributed by atoms with van der Waals surface area (Å²) in [7, 11) is 0. The molecule has 1 amide bonds. The van der Waals surface area contributed by atoms with E-state index in [2.05, 4.69) is 15.6 Å². The number of alkyl halides is 3. The highest BCUT2D eigenvalue weighted by molar-refractivity contribution is 6.30. The maximum absolute atomic E-state index is 13.1. The zero-order valence-corrected chi connectivity index (χ0v) is 24.3. The quantitative estimate of drug-likeness (QED) is 0.171. The Kier molecular flexibility index (Phi) is 12.0. The number of hydrogen-bond donors (Lipinski definition) is 6. The molecule has 0 bridgehead atoms. The molecule has 230 valence electrons. The number of halogens is 4. The number of aromatic nitrogens is 1. The summed E-state index contributed by atoms with van der Waals surface area (Å²) in [5.41, 5.74) is 1.50. The van der Waals surface area contributed by atoms with E-state index in [4.69, 9.17) is 21.5 Å². The van der Waals surface area contributed by atoms with Crippen LogP contribution in [-0.4, -0.2) is 62.5 Å². The minimum absolute atomic E-state index is 0.0571. The summed E-state index contributed by atoms with van der Waals surface area (Å²) in [6, 6.07) is 12.7. The Hall–Kier alpha value is -3.61. The largest absolute Gasteiger partial charge is 0.490 e. The average molecular weight is 614 g/mol. The molecule has 3 rings (SSSR count). The van der Waals surface area contributed by atoms with Gasteiger partial charge in [-0.2, -0.15) is 13.2 Å². The van der Waals surface area contributed by atoms with Gasteiger partial charge in [-0.3, -0.25) is 4.79 Å². The Balaban J connectivity index is 0.000000782. The molecule has 2 aromatic carbocycles. The van der Waals surface area contributed by atoms with Crippen LogP contribution in [0.4, 0.5) is 13.2 Å². The fourth-order valence-corrected chi connectivity index (χ4v) is 4.64. The van der Waals surface area contributed by atoms with E-state index < -0.39 is 35.7 Å². The van der Waals surface area contributed by atoms with Crippen molar-refractivity contribution in [3.05, 3.63) is 70.4 Å². The van der Waals surface area contributed by atoms with Crippen molar-refractivity contribution in [3.8, 4) is 0 Å². The lowest BCUT2D eigenvalue weighted by Crippen LogP contribution is -2.53. The minimum Gasteiger partial charge on any atom is -0.480 e. The van der Waals surface area contributed by atoms with Crippen LogP contribution in [-0.2, 0) is 16.0 Å². The highest BCUT2D eigenvalue weighted by Gasteiger charge is 2.38. The number of nitrogens with one attached hydrogen (secondary N) is 3. The molecule has 0 spiro atoms. The summed E-state index contributed by atoms with van der Waals surface area (Å²) in [5, 5.41) is 34.9. The molecule has 0 unspecified atom stereocenters. The number of aromatic amines is 1. The number of amides is 1. The Morgan fingerprint density at radius 2 is 1.64 bits per heavy atom. The maximum atomic E-state index is 13.1. The van der Waals surface area contributed by atoms with Crippen molar-refractivity contribution in [2.75, 3.05) is 6.54 Å². The molecule has 0 aliphatic carbocycles. The summed E-state index contributed by atoms with van der Waals surface area (Å²) in [6.07, 6.45) is -2.89. The van der Waals surface area contributed by atoms with Gasteiger partial charge in [0.05, 0.1) is 17.2 Å². The smallest absolute Gasteiger partial charge is 0.480 e. The second-order valence-electron chi connectivity index (χ2n) is 10.6. The predicted octanol–water partition coefficient (Wildman–Crippen LogP) is 5.33. The number of H-pyrrole nitrogens is 1. The summed E-state index contributed by atoms with van der Waals surface area (Å²) in [5.74, 6) is -4.13. The molecule has 0 aliphatic rings. The molecule has 13 heteroatoms. The van der Waals surface area contributed by atoms with Gasteiger partial charge in [-0.1, -0.05) is 49.7 Å². The second-order valence-corrected chi connectivity index (χ2v) is 11.1. The molecule has 6 N–H and O–H groups in total. The van der Waals surface area contributed by atoms with Crippen molar-refractivity contribution < 1.29 is 42.9 Å². The molecule has 0 saturated carbocycles. The van der Waals surface area contributed by atoms with Crippen molar-refractivity contribution in [1.29, 1.82) is 0 Å². The standard InChI is InChI=1S/C27H34ClN3O4.C2HF3O2/c1-16(2)13-27(4,26(34)35)31-25(33)22-10-6-9-21-19(14-30-24(21)22)11-17(3)29-15-23(32)18-7-5-8-20(28)12-18;3-2(4,5)1(6)7/h5-10,12,14,16-17,23,29-30,32H,11,13,15H2,1-4H3,(H,31,33)(H,34,35);(H,6,7)/t17-,23+,27+;/m1./s1. The lowest BCUT2D eigenvalue weighted by Gasteiger charge is -2.28. The zero-order chi connectivity index (χ0) is 31.8.